The van der Waals surface area contributed by atoms with Crippen LogP contribution in [-0.2, 0) is 0 Å². The molecule has 1 aliphatic carbocycles. The third kappa shape index (κ3) is 2.64. The Labute approximate surface area is 121 Å². The van der Waals surface area contributed by atoms with Crippen molar-refractivity contribution in [3.63, 3.8) is 0 Å². The van der Waals surface area contributed by atoms with E-state index in [9.17, 15) is 0 Å². The molecule has 0 bridgehead atoms. The first-order valence-corrected chi connectivity index (χ1v) is 7.49. The Morgan fingerprint density at radius 1 is 1.45 bits per heavy atom. The minimum absolute atomic E-state index is 0.0784. The van der Waals surface area contributed by atoms with Crippen LogP contribution in [0.4, 0.5) is 0 Å². The van der Waals surface area contributed by atoms with Crippen molar-refractivity contribution in [3.05, 3.63) is 29.8 Å². The maximum atomic E-state index is 5.93. The maximum Gasteiger partial charge on any atom is 0.210 e. The van der Waals surface area contributed by atoms with Gasteiger partial charge in [0.1, 0.15) is 5.75 Å². The van der Waals surface area contributed by atoms with Gasteiger partial charge in [-0.1, -0.05) is 30.0 Å². The van der Waals surface area contributed by atoms with Gasteiger partial charge in [-0.2, -0.15) is 0 Å². The van der Waals surface area contributed by atoms with Gasteiger partial charge in [0.05, 0.1) is 18.4 Å². The number of ether oxygens (including phenoxy) is 1. The lowest BCUT2D eigenvalue weighted by Crippen LogP contribution is -2.12. The van der Waals surface area contributed by atoms with Crippen LogP contribution < -0.4 is 10.5 Å². The van der Waals surface area contributed by atoms with Crippen molar-refractivity contribution in [2.24, 2.45) is 5.73 Å². The summed E-state index contributed by atoms with van der Waals surface area (Å²) in [4.78, 5) is 0. The fourth-order valence-corrected chi connectivity index (χ4v) is 3.16. The summed E-state index contributed by atoms with van der Waals surface area (Å²) in [6.45, 7) is 0.503. The van der Waals surface area contributed by atoms with Gasteiger partial charge >= 0.3 is 0 Å². The van der Waals surface area contributed by atoms with Crippen LogP contribution in [-0.4, -0.2) is 33.9 Å². The van der Waals surface area contributed by atoms with Crippen LogP contribution >= 0.6 is 11.8 Å². The van der Waals surface area contributed by atoms with E-state index in [2.05, 4.69) is 15.5 Å². The van der Waals surface area contributed by atoms with Crippen molar-refractivity contribution in [1.29, 1.82) is 0 Å². The molecule has 1 atom stereocenters. The first kappa shape index (κ1) is 13.4. The highest BCUT2D eigenvalue weighted by Crippen LogP contribution is 2.41. The van der Waals surface area contributed by atoms with Crippen LogP contribution in [0.15, 0.2) is 29.4 Å². The molecule has 0 radical (unpaired) electrons. The second kappa shape index (κ2) is 5.80. The molecule has 0 aliphatic heterocycles. The number of rotatable bonds is 6. The second-order valence-corrected chi connectivity index (χ2v) is 5.89. The summed E-state index contributed by atoms with van der Waals surface area (Å²) < 4.78 is 7.32. The molecule has 1 fully saturated rings. The van der Waals surface area contributed by atoms with E-state index in [0.29, 0.717) is 12.6 Å². The zero-order valence-corrected chi connectivity index (χ0v) is 12.1. The Morgan fingerprint density at radius 2 is 2.25 bits per heavy atom. The number of thioether (sulfide) groups is 1. The lowest BCUT2D eigenvalue weighted by atomic mass is 10.1. The fourth-order valence-electron chi connectivity index (χ4n) is 2.11. The number of tetrazole rings is 1. The van der Waals surface area contributed by atoms with E-state index >= 15 is 0 Å². The largest absolute Gasteiger partial charge is 0.496 e. The van der Waals surface area contributed by atoms with Crippen LogP contribution in [0.3, 0.4) is 0 Å². The molecule has 6 nitrogen and oxygen atoms in total. The second-order valence-electron chi connectivity index (χ2n) is 4.72. The Kier molecular flexibility index (Phi) is 3.88. The van der Waals surface area contributed by atoms with Crippen LogP contribution in [0.1, 0.15) is 29.7 Å². The van der Waals surface area contributed by atoms with Crippen LogP contribution in [0.5, 0.6) is 5.75 Å². The molecule has 0 spiro atoms. The normalized spacial score (nSPS) is 16.1. The first-order chi connectivity index (χ1) is 9.83. The van der Waals surface area contributed by atoms with Crippen molar-refractivity contribution >= 4 is 11.8 Å². The van der Waals surface area contributed by atoms with Gasteiger partial charge in [0, 0.05) is 12.1 Å². The van der Waals surface area contributed by atoms with Crippen molar-refractivity contribution in [2.45, 2.75) is 29.3 Å². The summed E-state index contributed by atoms with van der Waals surface area (Å²) >= 11 is 1.59. The van der Waals surface area contributed by atoms with E-state index in [1.807, 2.05) is 28.9 Å². The molecule has 2 aromatic rings. The summed E-state index contributed by atoms with van der Waals surface area (Å²) in [6, 6.07) is 8.39. The molecule has 20 heavy (non-hydrogen) atoms. The van der Waals surface area contributed by atoms with E-state index in [-0.39, 0.29) is 5.25 Å². The molecular formula is C13H17N5OS. The van der Waals surface area contributed by atoms with Crippen LogP contribution in [0.25, 0.3) is 0 Å². The summed E-state index contributed by atoms with van der Waals surface area (Å²) in [7, 11) is 1.67. The molecule has 1 aliphatic rings. The van der Waals surface area contributed by atoms with Gasteiger partial charge in [0.15, 0.2) is 0 Å². The number of methoxy groups -OCH3 is 1. The third-order valence-corrected chi connectivity index (χ3v) is 4.51. The minimum Gasteiger partial charge on any atom is -0.496 e. The molecule has 1 aromatic heterocycles. The number of nitrogens with zero attached hydrogens (tertiary/aromatic N) is 4. The highest BCUT2D eigenvalue weighted by Gasteiger charge is 2.29. The lowest BCUT2D eigenvalue weighted by Gasteiger charge is -2.17. The van der Waals surface area contributed by atoms with Crippen molar-refractivity contribution in [1.82, 2.24) is 20.2 Å². The average Bonchev–Trinajstić information content (AvgIpc) is 3.24. The van der Waals surface area contributed by atoms with E-state index in [1.165, 1.54) is 0 Å². The molecule has 1 heterocycles. The topological polar surface area (TPSA) is 78.8 Å². The highest BCUT2D eigenvalue weighted by molar-refractivity contribution is 7.99. The summed E-state index contributed by atoms with van der Waals surface area (Å²) in [5, 5.41) is 12.9. The van der Waals surface area contributed by atoms with E-state index in [0.717, 1.165) is 29.3 Å². The van der Waals surface area contributed by atoms with E-state index < -0.39 is 0 Å². The van der Waals surface area contributed by atoms with Crippen molar-refractivity contribution in [2.75, 3.05) is 13.7 Å². The molecule has 0 saturated heterocycles. The van der Waals surface area contributed by atoms with Gasteiger partial charge in [-0.05, 0) is 29.3 Å². The maximum absolute atomic E-state index is 5.93. The van der Waals surface area contributed by atoms with Gasteiger partial charge in [0.2, 0.25) is 5.16 Å². The van der Waals surface area contributed by atoms with Crippen LogP contribution in [0.2, 0.25) is 0 Å². The number of hydrogen-bond acceptors (Lipinski definition) is 6. The van der Waals surface area contributed by atoms with E-state index in [1.54, 1.807) is 18.9 Å². The third-order valence-electron chi connectivity index (χ3n) is 3.30. The van der Waals surface area contributed by atoms with Gasteiger partial charge in [0.25, 0.3) is 0 Å². The van der Waals surface area contributed by atoms with Gasteiger partial charge < -0.3 is 10.5 Å². The smallest absolute Gasteiger partial charge is 0.210 e. The molecule has 7 heteroatoms. The summed E-state index contributed by atoms with van der Waals surface area (Å²) in [6.07, 6.45) is 2.31. The average molecular weight is 291 g/mol. The number of nitrogens with two attached hydrogens (primary N) is 1. The van der Waals surface area contributed by atoms with Gasteiger partial charge in [-0.25, -0.2) is 4.68 Å². The standard InChI is InChI=1S/C13H17N5OS/c1-19-11-5-3-2-4-10(11)12(8-14)20-13-15-16-17-18(13)9-6-7-9/h2-5,9,12H,6-8,14H2,1H3. The predicted octanol–water partition coefficient (Wildman–Crippen LogP) is 1.81. The number of para-hydroxylation sites is 1. The fraction of sp³-hybridized carbons (Fsp3) is 0.462. The zero-order valence-electron chi connectivity index (χ0n) is 11.3. The Hall–Kier alpha value is -1.60. The highest BCUT2D eigenvalue weighted by atomic mass is 32.2. The SMILES string of the molecule is COc1ccccc1C(CN)Sc1nnnn1C1CC1. The minimum atomic E-state index is 0.0784. The zero-order chi connectivity index (χ0) is 13.9. The number of hydrogen-bond donors (Lipinski definition) is 1. The van der Waals surface area contributed by atoms with Crippen molar-refractivity contribution in [3.8, 4) is 5.75 Å². The monoisotopic (exact) mass is 291 g/mol. The van der Waals surface area contributed by atoms with Crippen molar-refractivity contribution < 1.29 is 4.74 Å². The molecule has 2 N–H and O–H groups in total. The Bertz CT molecular complexity index is 584. The predicted molar refractivity (Wildman–Crippen MR) is 76.7 cm³/mol. The Balaban J connectivity index is 1.84. The molecule has 1 unspecified atom stereocenters. The molecule has 106 valence electrons. The Morgan fingerprint density at radius 3 is 2.95 bits per heavy atom. The number of benzene rings is 1. The summed E-state index contributed by atoms with van der Waals surface area (Å²) in [5.74, 6) is 0.848. The quantitative estimate of drug-likeness (QED) is 0.818. The summed E-state index contributed by atoms with van der Waals surface area (Å²) in [5.41, 5.74) is 7.01. The number of aromatic nitrogens is 4. The van der Waals surface area contributed by atoms with Gasteiger partial charge in [-0.15, -0.1) is 5.10 Å². The molecule has 0 amide bonds. The van der Waals surface area contributed by atoms with E-state index in [4.69, 9.17) is 10.5 Å². The molecule has 1 saturated carbocycles. The lowest BCUT2D eigenvalue weighted by molar-refractivity contribution is 0.409. The molecule has 1 aromatic carbocycles. The molecular weight excluding hydrogens is 274 g/mol. The molecule has 3 rings (SSSR count). The van der Waals surface area contributed by atoms with Gasteiger partial charge in [-0.3, -0.25) is 0 Å². The van der Waals surface area contributed by atoms with Crippen LogP contribution in [0, 0.1) is 0 Å². The first-order valence-electron chi connectivity index (χ1n) is 6.61.